The summed E-state index contributed by atoms with van der Waals surface area (Å²) in [6.45, 7) is 2.62. The van der Waals surface area contributed by atoms with Crippen molar-refractivity contribution in [1.29, 1.82) is 0 Å². The van der Waals surface area contributed by atoms with Gasteiger partial charge in [0.15, 0.2) is 0 Å². The first-order chi connectivity index (χ1) is 9.97. The topological polar surface area (TPSA) is 29.3 Å². The third-order valence-electron chi connectivity index (χ3n) is 3.36. The molecule has 0 spiro atoms. The maximum absolute atomic E-state index is 14.1. The van der Waals surface area contributed by atoms with E-state index >= 15 is 0 Å². The third kappa shape index (κ3) is 4.29. The van der Waals surface area contributed by atoms with Crippen molar-refractivity contribution in [2.24, 2.45) is 5.73 Å². The fraction of sp³-hybridized carbons (Fsp3) is 0.294. The average Bonchev–Trinajstić information content (AvgIpc) is 2.43. The summed E-state index contributed by atoms with van der Waals surface area (Å²) in [6.07, 6.45) is 0.534. The molecule has 0 radical (unpaired) electrons. The Bertz CT molecular complexity index is 596. The molecule has 4 heteroatoms. The first kappa shape index (κ1) is 16.0. The Morgan fingerprint density at radius 1 is 1.19 bits per heavy atom. The molecule has 1 unspecified atom stereocenters. The fourth-order valence-corrected chi connectivity index (χ4v) is 2.64. The van der Waals surface area contributed by atoms with E-state index in [4.69, 9.17) is 5.73 Å². The molecule has 0 aliphatic carbocycles. The number of rotatable bonds is 5. The fourth-order valence-electron chi connectivity index (χ4n) is 2.38. The molecule has 21 heavy (non-hydrogen) atoms. The van der Waals surface area contributed by atoms with Gasteiger partial charge >= 0.3 is 0 Å². The van der Waals surface area contributed by atoms with Crippen molar-refractivity contribution in [2.75, 3.05) is 11.9 Å². The van der Waals surface area contributed by atoms with Crippen LogP contribution < -0.4 is 10.6 Å². The summed E-state index contributed by atoms with van der Waals surface area (Å²) in [5, 5.41) is 0. The number of nitrogens with two attached hydrogens (primary N) is 1. The van der Waals surface area contributed by atoms with E-state index < -0.39 is 0 Å². The van der Waals surface area contributed by atoms with E-state index in [0.717, 1.165) is 16.7 Å². The largest absolute Gasteiger partial charge is 0.370 e. The van der Waals surface area contributed by atoms with Crippen LogP contribution in [0.4, 0.5) is 10.1 Å². The molecule has 2 aromatic carbocycles. The molecule has 0 amide bonds. The van der Waals surface area contributed by atoms with Crippen LogP contribution in [0.5, 0.6) is 0 Å². The monoisotopic (exact) mass is 350 g/mol. The van der Waals surface area contributed by atoms with Crippen LogP contribution in [-0.4, -0.2) is 13.1 Å². The summed E-state index contributed by atoms with van der Waals surface area (Å²) in [6, 6.07) is 13.3. The summed E-state index contributed by atoms with van der Waals surface area (Å²) in [5.41, 5.74) is 8.60. The molecule has 0 saturated carbocycles. The highest BCUT2D eigenvalue weighted by atomic mass is 79.9. The molecule has 0 aliphatic rings. The molecule has 0 bridgehead atoms. The molecule has 0 fully saturated rings. The van der Waals surface area contributed by atoms with Crippen molar-refractivity contribution in [3.63, 3.8) is 0 Å². The van der Waals surface area contributed by atoms with Gasteiger partial charge in [0.25, 0.3) is 0 Å². The van der Waals surface area contributed by atoms with Gasteiger partial charge in [-0.05, 0) is 43.2 Å². The van der Waals surface area contributed by atoms with Crippen LogP contribution in [-0.2, 0) is 13.0 Å². The molecule has 0 aromatic heterocycles. The Kier molecular flexibility index (Phi) is 5.37. The van der Waals surface area contributed by atoms with Crippen LogP contribution in [0.2, 0.25) is 0 Å². The number of hydrogen-bond donors (Lipinski definition) is 1. The molecule has 1 atom stereocenters. The average molecular weight is 351 g/mol. The Balaban J connectivity index is 2.24. The van der Waals surface area contributed by atoms with E-state index in [1.54, 1.807) is 6.07 Å². The molecule has 2 rings (SSSR count). The van der Waals surface area contributed by atoms with Gasteiger partial charge in [-0.3, -0.25) is 0 Å². The summed E-state index contributed by atoms with van der Waals surface area (Å²) in [7, 11) is 1.97. The van der Waals surface area contributed by atoms with Crippen LogP contribution in [0.1, 0.15) is 18.1 Å². The quantitative estimate of drug-likeness (QED) is 0.878. The lowest BCUT2D eigenvalue weighted by Gasteiger charge is -2.24. The van der Waals surface area contributed by atoms with Gasteiger partial charge in [-0.2, -0.15) is 0 Å². The number of anilines is 1. The maximum Gasteiger partial charge on any atom is 0.128 e. The van der Waals surface area contributed by atoms with Gasteiger partial charge in [0.05, 0.1) is 0 Å². The van der Waals surface area contributed by atoms with Crippen molar-refractivity contribution in [3.8, 4) is 0 Å². The Morgan fingerprint density at radius 2 is 1.86 bits per heavy atom. The highest BCUT2D eigenvalue weighted by Crippen LogP contribution is 2.25. The molecule has 2 aromatic rings. The first-order valence-electron chi connectivity index (χ1n) is 6.96. The van der Waals surface area contributed by atoms with Crippen LogP contribution in [0, 0.1) is 5.82 Å². The summed E-state index contributed by atoms with van der Waals surface area (Å²) in [4.78, 5) is 2.06. The van der Waals surface area contributed by atoms with E-state index in [1.807, 2.05) is 32.2 Å². The van der Waals surface area contributed by atoms with Gasteiger partial charge in [0.2, 0.25) is 0 Å². The number of halogens is 2. The lowest BCUT2D eigenvalue weighted by Crippen LogP contribution is -2.23. The minimum Gasteiger partial charge on any atom is -0.370 e. The predicted octanol–water partition coefficient (Wildman–Crippen LogP) is 4.11. The van der Waals surface area contributed by atoms with Gasteiger partial charge < -0.3 is 10.6 Å². The molecule has 2 N–H and O–H groups in total. The number of hydrogen-bond acceptors (Lipinski definition) is 2. The summed E-state index contributed by atoms with van der Waals surface area (Å²) >= 11 is 3.43. The first-order valence-corrected chi connectivity index (χ1v) is 7.75. The zero-order valence-electron chi connectivity index (χ0n) is 12.3. The van der Waals surface area contributed by atoms with Crippen LogP contribution in [0.3, 0.4) is 0 Å². The normalized spacial score (nSPS) is 12.2. The Hall–Kier alpha value is -1.39. The second-order valence-electron chi connectivity index (χ2n) is 5.40. The molecule has 0 saturated heterocycles. The van der Waals surface area contributed by atoms with Crippen molar-refractivity contribution in [2.45, 2.75) is 25.9 Å². The van der Waals surface area contributed by atoms with E-state index in [2.05, 4.69) is 33.0 Å². The maximum atomic E-state index is 14.1. The third-order valence-corrected chi connectivity index (χ3v) is 3.89. The molecular formula is C17H20BrFN2. The molecule has 0 aliphatic heterocycles. The minimum atomic E-state index is -0.188. The van der Waals surface area contributed by atoms with Gasteiger partial charge in [0, 0.05) is 35.4 Å². The van der Waals surface area contributed by atoms with E-state index in [0.29, 0.717) is 12.0 Å². The van der Waals surface area contributed by atoms with E-state index in [9.17, 15) is 4.39 Å². The van der Waals surface area contributed by atoms with Gasteiger partial charge in [-0.25, -0.2) is 4.39 Å². The van der Waals surface area contributed by atoms with Crippen LogP contribution >= 0.6 is 15.9 Å². The van der Waals surface area contributed by atoms with Gasteiger partial charge in [0.1, 0.15) is 5.82 Å². The SMILES string of the molecule is CC(N)Cc1c(F)cccc1N(C)Cc1ccc(Br)cc1. The van der Waals surface area contributed by atoms with Crippen molar-refractivity contribution in [1.82, 2.24) is 0 Å². The Morgan fingerprint density at radius 3 is 2.48 bits per heavy atom. The molecule has 0 heterocycles. The number of benzene rings is 2. The standard InChI is InChI=1S/C17H20BrFN2/c1-12(20)10-15-16(19)4-3-5-17(15)21(2)11-13-6-8-14(18)9-7-13/h3-9,12H,10-11,20H2,1-2H3. The molecular weight excluding hydrogens is 331 g/mol. The van der Waals surface area contributed by atoms with Gasteiger partial charge in [-0.15, -0.1) is 0 Å². The predicted molar refractivity (Wildman–Crippen MR) is 90.0 cm³/mol. The minimum absolute atomic E-state index is 0.0678. The van der Waals surface area contributed by atoms with Crippen molar-refractivity contribution >= 4 is 21.6 Å². The molecule has 112 valence electrons. The summed E-state index contributed by atoms with van der Waals surface area (Å²) in [5.74, 6) is -0.188. The van der Waals surface area contributed by atoms with E-state index in [1.165, 1.54) is 11.6 Å². The zero-order valence-corrected chi connectivity index (χ0v) is 13.9. The second-order valence-corrected chi connectivity index (χ2v) is 6.32. The van der Waals surface area contributed by atoms with Crippen molar-refractivity contribution in [3.05, 3.63) is 63.9 Å². The zero-order chi connectivity index (χ0) is 15.4. The van der Waals surface area contributed by atoms with Crippen LogP contribution in [0.25, 0.3) is 0 Å². The van der Waals surface area contributed by atoms with Crippen LogP contribution in [0.15, 0.2) is 46.9 Å². The number of nitrogens with zero attached hydrogens (tertiary/aromatic N) is 1. The second kappa shape index (κ2) is 7.05. The summed E-state index contributed by atoms with van der Waals surface area (Å²) < 4.78 is 15.1. The Labute approximate surface area is 133 Å². The lowest BCUT2D eigenvalue weighted by atomic mass is 10.0. The van der Waals surface area contributed by atoms with E-state index in [-0.39, 0.29) is 11.9 Å². The lowest BCUT2D eigenvalue weighted by molar-refractivity contribution is 0.595. The van der Waals surface area contributed by atoms with Crippen molar-refractivity contribution < 1.29 is 4.39 Å². The molecule has 2 nitrogen and oxygen atoms in total. The highest BCUT2D eigenvalue weighted by Gasteiger charge is 2.13. The smallest absolute Gasteiger partial charge is 0.128 e. The van der Waals surface area contributed by atoms with Gasteiger partial charge in [-0.1, -0.05) is 34.1 Å². The highest BCUT2D eigenvalue weighted by molar-refractivity contribution is 9.10.